The van der Waals surface area contributed by atoms with Gasteiger partial charge in [0.25, 0.3) is 0 Å². The Labute approximate surface area is 184 Å². The van der Waals surface area contributed by atoms with E-state index in [0.717, 1.165) is 12.2 Å². The molecule has 0 fully saturated rings. The highest BCUT2D eigenvalue weighted by Gasteiger charge is 2.21. The van der Waals surface area contributed by atoms with E-state index in [0.29, 0.717) is 0 Å². The minimum absolute atomic E-state index is 0.0860. The molecule has 0 aliphatic carbocycles. The minimum atomic E-state index is -1.28. The molecular formula is C20H26O12. The molecule has 32 heavy (non-hydrogen) atoms. The minimum Gasteiger partial charge on any atom is -0.462 e. The molecule has 0 aromatic carbocycles. The number of hydrogen-bond donors (Lipinski definition) is 0. The molecule has 0 radical (unpaired) electrons. The quantitative estimate of drug-likeness (QED) is 0.134. The molecule has 0 aromatic heterocycles. The van der Waals surface area contributed by atoms with E-state index in [4.69, 9.17) is 9.47 Å². The van der Waals surface area contributed by atoms with E-state index in [-0.39, 0.29) is 45.7 Å². The summed E-state index contributed by atoms with van der Waals surface area (Å²) >= 11 is 0. The highest BCUT2D eigenvalue weighted by molar-refractivity contribution is 5.82. The summed E-state index contributed by atoms with van der Waals surface area (Å²) in [5.41, 5.74) is 0. The molecule has 0 amide bonds. The Balaban J connectivity index is 3.90. The molecule has 0 bridgehead atoms. The van der Waals surface area contributed by atoms with Gasteiger partial charge in [-0.05, 0) is 13.3 Å². The van der Waals surface area contributed by atoms with Crippen molar-refractivity contribution < 1.29 is 57.2 Å². The highest BCUT2D eigenvalue weighted by atomic mass is 16.6. The van der Waals surface area contributed by atoms with Gasteiger partial charge in [-0.15, -0.1) is 0 Å². The van der Waals surface area contributed by atoms with E-state index in [1.165, 1.54) is 6.92 Å². The Hall–Kier alpha value is -3.70. The molecule has 12 heteroatoms. The van der Waals surface area contributed by atoms with Gasteiger partial charge in [0.05, 0.1) is 0 Å². The molecule has 0 spiro atoms. The third-order valence-electron chi connectivity index (χ3n) is 3.25. The van der Waals surface area contributed by atoms with Gasteiger partial charge in [-0.3, -0.25) is 9.59 Å². The molecule has 12 nitrogen and oxygen atoms in total. The first-order valence-electron chi connectivity index (χ1n) is 9.45. The van der Waals surface area contributed by atoms with Crippen LogP contribution in [0.15, 0.2) is 25.3 Å². The van der Waals surface area contributed by atoms with Crippen molar-refractivity contribution in [2.24, 2.45) is 0 Å². The molecule has 0 aliphatic heterocycles. The summed E-state index contributed by atoms with van der Waals surface area (Å²) in [7, 11) is 0. The van der Waals surface area contributed by atoms with E-state index < -0.39 is 48.5 Å². The molecule has 1 atom stereocenters. The standard InChI is InChI=1S/C20H26O12/c1-4-15(21)27-9-11-29-17(23)7-6-8-18(24)32-14(3)20(26)31-13-19(25)30-12-10-28-16(22)5-2/h4-5,14H,1-2,6-13H2,3H3. The molecule has 0 rings (SSSR count). The van der Waals surface area contributed by atoms with Gasteiger partial charge < -0.3 is 28.4 Å². The third-order valence-corrected chi connectivity index (χ3v) is 3.25. The van der Waals surface area contributed by atoms with Crippen LogP contribution in [-0.4, -0.2) is 75.0 Å². The first kappa shape index (κ1) is 28.3. The predicted octanol–water partition coefficient (Wildman–Crippen LogP) is 0.176. The van der Waals surface area contributed by atoms with Crippen LogP contribution in [0.3, 0.4) is 0 Å². The van der Waals surface area contributed by atoms with E-state index in [9.17, 15) is 28.8 Å². The summed E-state index contributed by atoms with van der Waals surface area (Å²) in [5, 5.41) is 0. The maximum Gasteiger partial charge on any atom is 0.347 e. The fourth-order valence-corrected chi connectivity index (χ4v) is 1.76. The third kappa shape index (κ3) is 15.2. The van der Waals surface area contributed by atoms with E-state index in [1.54, 1.807) is 0 Å². The predicted molar refractivity (Wildman–Crippen MR) is 105 cm³/mol. The Morgan fingerprint density at radius 3 is 1.69 bits per heavy atom. The maximum atomic E-state index is 11.7. The van der Waals surface area contributed by atoms with E-state index >= 15 is 0 Å². The van der Waals surface area contributed by atoms with Crippen molar-refractivity contribution in [2.75, 3.05) is 33.0 Å². The number of carbonyl (C=O) groups excluding carboxylic acids is 6. The number of hydrogen-bond acceptors (Lipinski definition) is 12. The SMILES string of the molecule is C=CC(=O)OCCOC(=O)CCCC(=O)OC(C)C(=O)OCC(=O)OCCOC(=O)C=C. The molecule has 1 unspecified atom stereocenters. The zero-order chi connectivity index (χ0) is 24.4. The second kappa shape index (κ2) is 17.0. The van der Waals surface area contributed by atoms with Crippen molar-refractivity contribution in [3.05, 3.63) is 25.3 Å². The number of ether oxygens (including phenoxy) is 6. The fourth-order valence-electron chi connectivity index (χ4n) is 1.76. The van der Waals surface area contributed by atoms with Crippen molar-refractivity contribution >= 4 is 35.8 Å². The lowest BCUT2D eigenvalue weighted by molar-refractivity contribution is -0.171. The number of carbonyl (C=O) groups is 6. The largest absolute Gasteiger partial charge is 0.462 e. The summed E-state index contributed by atoms with van der Waals surface area (Å²) in [5.74, 6) is -4.52. The van der Waals surface area contributed by atoms with Crippen molar-refractivity contribution in [1.82, 2.24) is 0 Å². The lowest BCUT2D eigenvalue weighted by Gasteiger charge is -2.12. The van der Waals surface area contributed by atoms with Crippen LogP contribution >= 0.6 is 0 Å². The topological polar surface area (TPSA) is 158 Å². The monoisotopic (exact) mass is 458 g/mol. The van der Waals surface area contributed by atoms with Crippen molar-refractivity contribution in [3.63, 3.8) is 0 Å². The van der Waals surface area contributed by atoms with Crippen molar-refractivity contribution in [3.8, 4) is 0 Å². The zero-order valence-corrected chi connectivity index (χ0v) is 17.7. The average molecular weight is 458 g/mol. The first-order chi connectivity index (χ1) is 15.2. The second-order valence-electron chi connectivity index (χ2n) is 5.78. The fraction of sp³-hybridized carbons (Fsp3) is 0.500. The van der Waals surface area contributed by atoms with Crippen LogP contribution in [0.1, 0.15) is 26.2 Å². The van der Waals surface area contributed by atoms with Crippen molar-refractivity contribution in [2.45, 2.75) is 32.3 Å². The molecule has 0 saturated carbocycles. The Morgan fingerprint density at radius 1 is 0.688 bits per heavy atom. The Morgan fingerprint density at radius 2 is 1.16 bits per heavy atom. The normalized spacial score (nSPS) is 10.7. The van der Waals surface area contributed by atoms with Crippen molar-refractivity contribution in [1.29, 1.82) is 0 Å². The lowest BCUT2D eigenvalue weighted by atomic mass is 10.2. The van der Waals surface area contributed by atoms with Gasteiger partial charge in [0.1, 0.15) is 26.4 Å². The second-order valence-corrected chi connectivity index (χ2v) is 5.78. The molecule has 178 valence electrons. The van der Waals surface area contributed by atoms with Gasteiger partial charge in [-0.2, -0.15) is 0 Å². The molecular weight excluding hydrogens is 432 g/mol. The van der Waals surface area contributed by atoms with E-state index in [1.807, 2.05) is 0 Å². The van der Waals surface area contributed by atoms with Gasteiger partial charge in [0.2, 0.25) is 0 Å². The zero-order valence-electron chi connectivity index (χ0n) is 17.7. The number of rotatable bonds is 16. The molecule has 0 N–H and O–H groups in total. The Kier molecular flexibility index (Phi) is 15.1. The van der Waals surface area contributed by atoms with Crippen LogP contribution in [0.2, 0.25) is 0 Å². The first-order valence-corrected chi connectivity index (χ1v) is 9.45. The lowest BCUT2D eigenvalue weighted by Crippen LogP contribution is -2.28. The Bertz CT molecular complexity index is 697. The van der Waals surface area contributed by atoms with Crippen LogP contribution < -0.4 is 0 Å². The smallest absolute Gasteiger partial charge is 0.347 e. The van der Waals surface area contributed by atoms with Gasteiger partial charge >= 0.3 is 35.8 Å². The molecule has 0 heterocycles. The molecule has 0 aromatic rings. The van der Waals surface area contributed by atoms with Gasteiger partial charge in [0.15, 0.2) is 12.7 Å². The molecule has 0 aliphatic rings. The summed E-state index contributed by atoms with van der Waals surface area (Å²) < 4.78 is 28.2. The molecule has 0 saturated heterocycles. The van der Waals surface area contributed by atoms with Gasteiger partial charge in [-0.1, -0.05) is 13.2 Å². The van der Waals surface area contributed by atoms with Gasteiger partial charge in [-0.25, -0.2) is 19.2 Å². The maximum absolute atomic E-state index is 11.7. The summed E-state index contributed by atoms with van der Waals surface area (Å²) in [6.45, 7) is 6.27. The van der Waals surface area contributed by atoms with Crippen LogP contribution in [0.4, 0.5) is 0 Å². The number of esters is 6. The van der Waals surface area contributed by atoms with Crippen LogP contribution in [-0.2, 0) is 57.2 Å². The average Bonchev–Trinajstić information content (AvgIpc) is 2.77. The summed E-state index contributed by atoms with van der Waals surface area (Å²) in [6.07, 6.45) is 0.498. The summed E-state index contributed by atoms with van der Waals surface area (Å²) in [4.78, 5) is 67.9. The highest BCUT2D eigenvalue weighted by Crippen LogP contribution is 2.04. The van der Waals surface area contributed by atoms with Crippen LogP contribution in [0, 0.1) is 0 Å². The van der Waals surface area contributed by atoms with E-state index in [2.05, 4.69) is 32.1 Å². The van der Waals surface area contributed by atoms with Crippen LogP contribution in [0.25, 0.3) is 0 Å². The van der Waals surface area contributed by atoms with Gasteiger partial charge in [0, 0.05) is 25.0 Å². The summed E-state index contributed by atoms with van der Waals surface area (Å²) in [6, 6.07) is 0. The van der Waals surface area contributed by atoms with Crippen LogP contribution in [0.5, 0.6) is 0 Å².